The third kappa shape index (κ3) is 17.4. The van der Waals surface area contributed by atoms with E-state index in [-0.39, 0.29) is 24.7 Å². The Morgan fingerprint density at radius 2 is 1.29 bits per heavy atom. The molecule has 0 aromatic rings. The standard InChI is InChI=1S/C26H48N2O6/c1-5-6-7-8-9-10-11-12-13-14-15-16-23(29)27-22(19-20(2)3)25(32)28-21(26(33)34-4)17-18-24(30)31/h20-22H,5-19H2,1-4H3,(H,27,29)(H,28,32)(H,30,31)/t21-,22+/m1/s1. The number of carbonyl (C=O) groups is 4. The average Bonchev–Trinajstić information content (AvgIpc) is 2.78. The molecule has 3 N–H and O–H groups in total. The lowest BCUT2D eigenvalue weighted by Gasteiger charge is -2.23. The molecule has 0 saturated carbocycles. The number of aliphatic carboxylic acids is 1. The van der Waals surface area contributed by atoms with Crippen LogP contribution < -0.4 is 10.6 Å². The number of hydrogen-bond acceptors (Lipinski definition) is 5. The van der Waals surface area contributed by atoms with E-state index in [0.29, 0.717) is 12.8 Å². The van der Waals surface area contributed by atoms with Crippen LogP contribution in [0.1, 0.15) is 117 Å². The van der Waals surface area contributed by atoms with E-state index in [2.05, 4.69) is 22.3 Å². The number of unbranched alkanes of at least 4 members (excludes halogenated alkanes) is 10. The van der Waals surface area contributed by atoms with Gasteiger partial charge < -0.3 is 20.5 Å². The fourth-order valence-electron chi connectivity index (χ4n) is 3.85. The highest BCUT2D eigenvalue weighted by molar-refractivity contribution is 5.90. The minimum Gasteiger partial charge on any atom is -0.481 e. The molecular weight excluding hydrogens is 436 g/mol. The van der Waals surface area contributed by atoms with Crippen LogP contribution in [-0.4, -0.2) is 48.1 Å². The third-order valence-electron chi connectivity index (χ3n) is 5.82. The van der Waals surface area contributed by atoms with Crippen LogP contribution in [0.4, 0.5) is 0 Å². The topological polar surface area (TPSA) is 122 Å². The molecule has 0 aliphatic rings. The Balaban J connectivity index is 4.39. The van der Waals surface area contributed by atoms with E-state index in [4.69, 9.17) is 5.11 Å². The van der Waals surface area contributed by atoms with E-state index in [0.717, 1.165) is 19.3 Å². The van der Waals surface area contributed by atoms with Crippen LogP contribution >= 0.6 is 0 Å². The van der Waals surface area contributed by atoms with E-state index in [1.165, 1.54) is 58.5 Å². The SMILES string of the molecule is CCCCCCCCCCCCCC(=O)N[C@@H](CC(C)C)C(=O)N[C@H](CCC(=O)O)C(=O)OC. The highest BCUT2D eigenvalue weighted by Gasteiger charge is 2.28. The fourth-order valence-corrected chi connectivity index (χ4v) is 3.85. The zero-order valence-electron chi connectivity index (χ0n) is 21.8. The zero-order valence-corrected chi connectivity index (χ0v) is 21.8. The van der Waals surface area contributed by atoms with Crippen molar-refractivity contribution in [1.29, 1.82) is 0 Å². The van der Waals surface area contributed by atoms with Crippen molar-refractivity contribution in [3.63, 3.8) is 0 Å². The first-order valence-electron chi connectivity index (χ1n) is 13.1. The molecule has 34 heavy (non-hydrogen) atoms. The number of esters is 1. The number of amides is 2. The summed E-state index contributed by atoms with van der Waals surface area (Å²) >= 11 is 0. The average molecular weight is 485 g/mol. The summed E-state index contributed by atoms with van der Waals surface area (Å²) in [5.74, 6) is -2.31. The minimum absolute atomic E-state index is 0.0746. The Hall–Kier alpha value is -2.12. The monoisotopic (exact) mass is 484 g/mol. The molecular formula is C26H48N2O6. The highest BCUT2D eigenvalue weighted by atomic mass is 16.5. The number of carboxylic acid groups (broad SMARTS) is 1. The zero-order chi connectivity index (χ0) is 25.8. The minimum atomic E-state index is -1.07. The van der Waals surface area contributed by atoms with Gasteiger partial charge in [0, 0.05) is 12.8 Å². The summed E-state index contributed by atoms with van der Waals surface area (Å²) in [6.45, 7) is 6.11. The van der Waals surface area contributed by atoms with Crippen molar-refractivity contribution in [2.75, 3.05) is 7.11 Å². The Kier molecular flexibility index (Phi) is 19.0. The summed E-state index contributed by atoms with van der Waals surface area (Å²) in [4.78, 5) is 48.0. The van der Waals surface area contributed by atoms with Gasteiger partial charge in [0.05, 0.1) is 7.11 Å². The summed E-state index contributed by atoms with van der Waals surface area (Å²) in [6.07, 6.45) is 13.6. The van der Waals surface area contributed by atoms with E-state index >= 15 is 0 Å². The normalized spacial score (nSPS) is 12.7. The van der Waals surface area contributed by atoms with Gasteiger partial charge in [0.25, 0.3) is 0 Å². The lowest BCUT2D eigenvalue weighted by atomic mass is 10.0. The number of rotatable bonds is 21. The van der Waals surface area contributed by atoms with E-state index < -0.39 is 29.9 Å². The quantitative estimate of drug-likeness (QED) is 0.160. The molecule has 0 heterocycles. The molecule has 0 spiro atoms. The number of ether oxygens (including phenoxy) is 1. The van der Waals surface area contributed by atoms with Crippen molar-refractivity contribution >= 4 is 23.8 Å². The molecule has 0 aliphatic carbocycles. The molecule has 0 bridgehead atoms. The molecule has 8 heteroatoms. The van der Waals surface area contributed by atoms with Gasteiger partial charge in [0.2, 0.25) is 11.8 Å². The Labute approximate surface area is 206 Å². The first kappa shape index (κ1) is 31.9. The van der Waals surface area contributed by atoms with Crippen molar-refractivity contribution < 1.29 is 29.0 Å². The largest absolute Gasteiger partial charge is 0.481 e. The third-order valence-corrected chi connectivity index (χ3v) is 5.82. The maximum absolute atomic E-state index is 12.8. The van der Waals surface area contributed by atoms with Crippen LogP contribution in [0.15, 0.2) is 0 Å². The van der Waals surface area contributed by atoms with Crippen molar-refractivity contribution in [2.45, 2.75) is 129 Å². The predicted molar refractivity (Wildman–Crippen MR) is 133 cm³/mol. The number of nitrogens with one attached hydrogen (secondary N) is 2. The maximum atomic E-state index is 12.8. The Bertz CT molecular complexity index is 594. The van der Waals surface area contributed by atoms with Crippen molar-refractivity contribution in [1.82, 2.24) is 10.6 Å². The van der Waals surface area contributed by atoms with Crippen LogP contribution in [0, 0.1) is 5.92 Å². The summed E-state index contributed by atoms with van der Waals surface area (Å²) in [5, 5.41) is 14.2. The van der Waals surface area contributed by atoms with Crippen LogP contribution in [0.25, 0.3) is 0 Å². The first-order chi connectivity index (χ1) is 16.2. The highest BCUT2D eigenvalue weighted by Crippen LogP contribution is 2.12. The summed E-state index contributed by atoms with van der Waals surface area (Å²) in [6, 6.07) is -1.84. The van der Waals surface area contributed by atoms with Gasteiger partial charge in [-0.2, -0.15) is 0 Å². The van der Waals surface area contributed by atoms with Crippen molar-refractivity contribution in [3.8, 4) is 0 Å². The number of carbonyl (C=O) groups excluding carboxylic acids is 3. The van der Waals surface area contributed by atoms with Gasteiger partial charge >= 0.3 is 11.9 Å². The van der Waals surface area contributed by atoms with Gasteiger partial charge in [-0.15, -0.1) is 0 Å². The molecule has 2 atom stereocenters. The molecule has 0 saturated heterocycles. The maximum Gasteiger partial charge on any atom is 0.328 e. The van der Waals surface area contributed by atoms with Gasteiger partial charge in [0.1, 0.15) is 12.1 Å². The Morgan fingerprint density at radius 1 is 0.765 bits per heavy atom. The number of carboxylic acids is 1. The molecule has 2 amide bonds. The lowest BCUT2D eigenvalue weighted by molar-refractivity contribution is -0.146. The van der Waals surface area contributed by atoms with Gasteiger partial charge in [0.15, 0.2) is 0 Å². The molecule has 0 fully saturated rings. The van der Waals surface area contributed by atoms with E-state index in [9.17, 15) is 19.2 Å². The lowest BCUT2D eigenvalue weighted by Crippen LogP contribution is -2.52. The number of methoxy groups -OCH3 is 1. The van der Waals surface area contributed by atoms with Crippen LogP contribution in [0.3, 0.4) is 0 Å². The van der Waals surface area contributed by atoms with Crippen molar-refractivity contribution in [3.05, 3.63) is 0 Å². The smallest absolute Gasteiger partial charge is 0.328 e. The summed E-state index contributed by atoms with van der Waals surface area (Å²) in [7, 11) is 1.18. The van der Waals surface area contributed by atoms with Gasteiger partial charge in [-0.3, -0.25) is 14.4 Å². The fraction of sp³-hybridized carbons (Fsp3) is 0.846. The van der Waals surface area contributed by atoms with E-state index in [1.54, 1.807) is 0 Å². The second kappa shape index (κ2) is 20.3. The second-order valence-corrected chi connectivity index (χ2v) is 9.55. The van der Waals surface area contributed by atoms with Crippen LogP contribution in [0.2, 0.25) is 0 Å². The van der Waals surface area contributed by atoms with Crippen LogP contribution in [0.5, 0.6) is 0 Å². The number of hydrogen-bond donors (Lipinski definition) is 3. The molecule has 0 unspecified atom stereocenters. The molecule has 8 nitrogen and oxygen atoms in total. The van der Waals surface area contributed by atoms with Crippen molar-refractivity contribution in [2.24, 2.45) is 5.92 Å². The van der Waals surface area contributed by atoms with Gasteiger partial charge in [-0.25, -0.2) is 4.79 Å². The summed E-state index contributed by atoms with van der Waals surface area (Å²) in [5.41, 5.74) is 0. The van der Waals surface area contributed by atoms with Gasteiger partial charge in [-0.05, 0) is 25.2 Å². The summed E-state index contributed by atoms with van der Waals surface area (Å²) < 4.78 is 4.68. The van der Waals surface area contributed by atoms with Crippen LogP contribution in [-0.2, 0) is 23.9 Å². The molecule has 0 aliphatic heterocycles. The van der Waals surface area contributed by atoms with E-state index in [1.807, 2.05) is 13.8 Å². The molecule has 0 rings (SSSR count). The second-order valence-electron chi connectivity index (χ2n) is 9.55. The molecule has 0 radical (unpaired) electrons. The Morgan fingerprint density at radius 3 is 1.76 bits per heavy atom. The molecule has 198 valence electrons. The van der Waals surface area contributed by atoms with Gasteiger partial charge in [-0.1, -0.05) is 85.0 Å². The predicted octanol–water partition coefficient (Wildman–Crippen LogP) is 4.74. The molecule has 0 aromatic carbocycles. The first-order valence-corrected chi connectivity index (χ1v) is 13.1. The molecule has 0 aromatic heterocycles.